The third-order valence-corrected chi connectivity index (χ3v) is 3.24. The van der Waals surface area contributed by atoms with Crippen LogP contribution in [0.5, 0.6) is 0 Å². The molecule has 122 valence electrons. The normalized spacial score (nSPS) is 11.2. The smallest absolute Gasteiger partial charge is 0.311 e. The van der Waals surface area contributed by atoms with E-state index in [1.807, 2.05) is 6.07 Å². The number of carbonyl (C=O) groups is 2. The van der Waals surface area contributed by atoms with Crippen molar-refractivity contribution in [1.82, 2.24) is 0 Å². The van der Waals surface area contributed by atoms with Crippen LogP contribution < -0.4 is 5.32 Å². The van der Waals surface area contributed by atoms with Crippen molar-refractivity contribution in [3.8, 4) is 6.07 Å². The van der Waals surface area contributed by atoms with Gasteiger partial charge in [-0.25, -0.2) is 4.39 Å². The van der Waals surface area contributed by atoms with Crippen LogP contribution in [0, 0.1) is 17.1 Å². The summed E-state index contributed by atoms with van der Waals surface area (Å²) in [5.74, 6) is -1.53. The molecule has 1 N–H and O–H groups in total. The molecule has 0 aliphatic heterocycles. The van der Waals surface area contributed by atoms with Crippen molar-refractivity contribution in [3.63, 3.8) is 0 Å². The fraction of sp³-hybridized carbons (Fsp3) is 0.167. The summed E-state index contributed by atoms with van der Waals surface area (Å²) in [4.78, 5) is 23.9. The lowest BCUT2D eigenvalue weighted by Gasteiger charge is -2.14. The summed E-state index contributed by atoms with van der Waals surface area (Å²) in [6.07, 6.45) is -1.09. The average Bonchev–Trinajstić information content (AvgIpc) is 2.57. The number of ether oxygens (including phenoxy) is 1. The number of para-hydroxylation sites is 1. The van der Waals surface area contributed by atoms with E-state index in [4.69, 9.17) is 10.00 Å². The van der Waals surface area contributed by atoms with Crippen molar-refractivity contribution in [2.75, 3.05) is 5.32 Å². The van der Waals surface area contributed by atoms with Gasteiger partial charge in [-0.2, -0.15) is 5.26 Å². The Kier molecular flexibility index (Phi) is 5.63. The number of carbonyl (C=O) groups excluding carboxylic acids is 2. The van der Waals surface area contributed by atoms with Gasteiger partial charge in [-0.15, -0.1) is 0 Å². The lowest BCUT2D eigenvalue weighted by Crippen LogP contribution is -2.30. The second kappa shape index (κ2) is 7.88. The highest BCUT2D eigenvalue weighted by molar-refractivity contribution is 5.96. The molecule has 0 bridgehead atoms. The molecule has 5 nitrogen and oxygen atoms in total. The summed E-state index contributed by atoms with van der Waals surface area (Å²) in [6.45, 7) is 1.44. The van der Waals surface area contributed by atoms with Crippen molar-refractivity contribution < 1.29 is 18.7 Å². The van der Waals surface area contributed by atoms with Gasteiger partial charge in [-0.05, 0) is 36.8 Å². The Balaban J connectivity index is 1.92. The number of anilines is 1. The molecule has 24 heavy (non-hydrogen) atoms. The topological polar surface area (TPSA) is 79.2 Å². The van der Waals surface area contributed by atoms with Gasteiger partial charge in [0.05, 0.1) is 17.7 Å². The first-order chi connectivity index (χ1) is 11.5. The molecule has 0 aliphatic carbocycles. The first kappa shape index (κ1) is 17.2. The third-order valence-electron chi connectivity index (χ3n) is 3.24. The fourth-order valence-corrected chi connectivity index (χ4v) is 1.99. The van der Waals surface area contributed by atoms with Crippen molar-refractivity contribution in [3.05, 3.63) is 65.5 Å². The second-order valence-electron chi connectivity index (χ2n) is 5.08. The number of amides is 1. The largest absolute Gasteiger partial charge is 0.452 e. The predicted molar refractivity (Wildman–Crippen MR) is 85.4 cm³/mol. The maximum absolute atomic E-state index is 12.8. The van der Waals surface area contributed by atoms with Gasteiger partial charge >= 0.3 is 5.97 Å². The summed E-state index contributed by atoms with van der Waals surface area (Å²) in [7, 11) is 0. The maximum Gasteiger partial charge on any atom is 0.311 e. The van der Waals surface area contributed by atoms with Crippen molar-refractivity contribution in [2.24, 2.45) is 0 Å². The van der Waals surface area contributed by atoms with Crippen LogP contribution in [-0.2, 0) is 20.7 Å². The first-order valence-corrected chi connectivity index (χ1v) is 7.23. The highest BCUT2D eigenvalue weighted by atomic mass is 19.1. The molecule has 2 aromatic carbocycles. The number of nitrogens with zero attached hydrogens (tertiary/aromatic N) is 1. The monoisotopic (exact) mass is 326 g/mol. The first-order valence-electron chi connectivity index (χ1n) is 7.23. The summed E-state index contributed by atoms with van der Waals surface area (Å²) < 4.78 is 17.9. The zero-order valence-electron chi connectivity index (χ0n) is 13.0. The molecule has 1 atom stereocenters. The molecule has 6 heteroatoms. The van der Waals surface area contributed by atoms with E-state index in [0.29, 0.717) is 16.8 Å². The molecule has 2 rings (SSSR count). The van der Waals surface area contributed by atoms with Gasteiger partial charge in [0.25, 0.3) is 5.91 Å². The fourth-order valence-electron chi connectivity index (χ4n) is 1.99. The highest BCUT2D eigenvalue weighted by Gasteiger charge is 2.19. The number of halogens is 1. The SMILES string of the molecule is C[C@H](OC(=O)Cc1ccc(F)cc1)C(=O)Nc1ccccc1C#N. The second-order valence-corrected chi connectivity index (χ2v) is 5.08. The van der Waals surface area contributed by atoms with Gasteiger partial charge in [0.15, 0.2) is 6.10 Å². The lowest BCUT2D eigenvalue weighted by molar-refractivity contribution is -0.152. The number of esters is 1. The van der Waals surface area contributed by atoms with Gasteiger partial charge in [0, 0.05) is 0 Å². The van der Waals surface area contributed by atoms with Gasteiger partial charge in [-0.1, -0.05) is 24.3 Å². The number of nitrogens with one attached hydrogen (secondary N) is 1. The quantitative estimate of drug-likeness (QED) is 0.857. The number of benzene rings is 2. The van der Waals surface area contributed by atoms with Gasteiger partial charge in [-0.3, -0.25) is 9.59 Å². The summed E-state index contributed by atoms with van der Waals surface area (Å²) >= 11 is 0. The molecule has 0 unspecified atom stereocenters. The zero-order chi connectivity index (χ0) is 17.5. The average molecular weight is 326 g/mol. The number of hydrogen-bond donors (Lipinski definition) is 1. The minimum atomic E-state index is -1.02. The Bertz CT molecular complexity index is 782. The number of nitriles is 1. The van der Waals surface area contributed by atoms with Gasteiger partial charge in [0.1, 0.15) is 11.9 Å². The van der Waals surface area contributed by atoms with Crippen molar-refractivity contribution in [2.45, 2.75) is 19.4 Å². The maximum atomic E-state index is 12.8. The summed E-state index contributed by atoms with van der Waals surface area (Å²) in [5, 5.41) is 11.5. The van der Waals surface area contributed by atoms with Crippen LogP contribution in [0.25, 0.3) is 0 Å². The molecule has 0 heterocycles. The Morgan fingerprint density at radius 3 is 2.54 bits per heavy atom. The van der Waals surface area contributed by atoms with Crippen LogP contribution in [0.3, 0.4) is 0 Å². The molecule has 1 amide bonds. The molecule has 0 spiro atoms. The molecule has 2 aromatic rings. The van der Waals surface area contributed by atoms with E-state index >= 15 is 0 Å². The third kappa shape index (κ3) is 4.65. The minimum Gasteiger partial charge on any atom is -0.452 e. The Labute approximate surface area is 138 Å². The van der Waals surface area contributed by atoms with Gasteiger partial charge in [0.2, 0.25) is 0 Å². The standard InChI is InChI=1S/C18H15FN2O3/c1-12(18(23)21-16-5-3-2-4-14(16)11-20)24-17(22)10-13-6-8-15(19)9-7-13/h2-9,12H,10H2,1H3,(H,21,23)/t12-/m0/s1. The van der Waals surface area contributed by atoms with E-state index in [1.54, 1.807) is 24.3 Å². The van der Waals surface area contributed by atoms with Crippen LogP contribution >= 0.6 is 0 Å². The predicted octanol–water partition coefficient (Wildman–Crippen LogP) is 2.81. The van der Waals surface area contributed by atoms with Crippen LogP contribution in [0.4, 0.5) is 10.1 Å². The Hall–Kier alpha value is -3.20. The van der Waals surface area contributed by atoms with E-state index in [-0.39, 0.29) is 6.42 Å². The van der Waals surface area contributed by atoms with E-state index in [0.717, 1.165) is 0 Å². The van der Waals surface area contributed by atoms with Crippen LogP contribution in [0.1, 0.15) is 18.1 Å². The molecule has 0 saturated carbocycles. The molecular weight excluding hydrogens is 311 g/mol. The summed E-state index contributed by atoms with van der Waals surface area (Å²) in [5.41, 5.74) is 1.26. The highest BCUT2D eigenvalue weighted by Crippen LogP contribution is 2.14. The van der Waals surface area contributed by atoms with Crippen molar-refractivity contribution in [1.29, 1.82) is 5.26 Å². The Morgan fingerprint density at radius 2 is 1.88 bits per heavy atom. The molecule has 0 radical (unpaired) electrons. The minimum absolute atomic E-state index is 0.0628. The van der Waals surface area contributed by atoms with E-state index < -0.39 is 23.8 Å². The molecule has 0 aromatic heterocycles. The van der Waals surface area contributed by atoms with Crippen molar-refractivity contribution >= 4 is 17.6 Å². The van der Waals surface area contributed by atoms with E-state index in [9.17, 15) is 14.0 Å². The molecular formula is C18H15FN2O3. The van der Waals surface area contributed by atoms with E-state index in [2.05, 4.69) is 5.32 Å². The lowest BCUT2D eigenvalue weighted by atomic mass is 10.1. The van der Waals surface area contributed by atoms with Crippen LogP contribution in [-0.4, -0.2) is 18.0 Å². The number of rotatable bonds is 5. The molecule has 0 aliphatic rings. The Morgan fingerprint density at radius 1 is 1.21 bits per heavy atom. The van der Waals surface area contributed by atoms with E-state index in [1.165, 1.54) is 31.2 Å². The molecule has 0 saturated heterocycles. The van der Waals surface area contributed by atoms with Gasteiger partial charge < -0.3 is 10.1 Å². The molecule has 0 fully saturated rings. The number of hydrogen-bond acceptors (Lipinski definition) is 4. The summed E-state index contributed by atoms with van der Waals surface area (Å²) in [6, 6.07) is 13.9. The van der Waals surface area contributed by atoms with Crippen LogP contribution in [0.2, 0.25) is 0 Å². The van der Waals surface area contributed by atoms with Crippen LogP contribution in [0.15, 0.2) is 48.5 Å². The zero-order valence-corrected chi connectivity index (χ0v) is 13.0.